The summed E-state index contributed by atoms with van der Waals surface area (Å²) in [7, 11) is 1.61. The minimum Gasteiger partial charge on any atom is -0.497 e. The van der Waals surface area contributed by atoms with Crippen molar-refractivity contribution in [1.29, 1.82) is 0 Å². The second-order valence-electron chi connectivity index (χ2n) is 4.38. The Morgan fingerprint density at radius 1 is 1.09 bits per heavy atom. The van der Waals surface area contributed by atoms with Crippen LogP contribution < -0.4 is 20.1 Å². The number of methoxy groups -OCH3 is 1. The average molecular weight is 321 g/mol. The minimum atomic E-state index is -0.327. The topological polar surface area (TPSA) is 59.6 Å². The normalized spacial score (nSPS) is 9.91. The molecule has 0 saturated carbocycles. The van der Waals surface area contributed by atoms with Crippen LogP contribution in [0.5, 0.6) is 11.5 Å². The van der Waals surface area contributed by atoms with Crippen LogP contribution in [0.1, 0.15) is 0 Å². The Balaban J connectivity index is 1.69. The lowest BCUT2D eigenvalue weighted by atomic mass is 10.3. The van der Waals surface area contributed by atoms with Crippen molar-refractivity contribution in [3.8, 4) is 11.5 Å². The summed E-state index contributed by atoms with van der Waals surface area (Å²) < 4.78 is 10.6. The number of amides is 2. The molecule has 0 aliphatic rings. The first-order chi connectivity index (χ1) is 10.7. The molecule has 2 N–H and O–H groups in total. The van der Waals surface area contributed by atoms with E-state index in [1.807, 2.05) is 24.3 Å². The predicted octanol–water partition coefficient (Wildman–Crippen LogP) is 3.55. The third kappa shape index (κ3) is 4.86. The number of para-hydroxylation sites is 1. The van der Waals surface area contributed by atoms with Crippen molar-refractivity contribution in [2.75, 3.05) is 25.6 Å². The Bertz CT molecular complexity index is 617. The highest BCUT2D eigenvalue weighted by atomic mass is 35.5. The lowest BCUT2D eigenvalue weighted by Gasteiger charge is -2.10. The summed E-state index contributed by atoms with van der Waals surface area (Å²) in [5, 5.41) is 5.86. The maximum atomic E-state index is 11.7. The van der Waals surface area contributed by atoms with Gasteiger partial charge in [-0.3, -0.25) is 0 Å². The van der Waals surface area contributed by atoms with E-state index in [4.69, 9.17) is 21.1 Å². The van der Waals surface area contributed by atoms with Crippen molar-refractivity contribution < 1.29 is 14.3 Å². The number of anilines is 1. The van der Waals surface area contributed by atoms with Crippen LogP contribution in [0.4, 0.5) is 10.5 Å². The first-order valence-corrected chi connectivity index (χ1v) is 7.13. The Morgan fingerprint density at radius 3 is 2.45 bits per heavy atom. The number of hydrogen-bond acceptors (Lipinski definition) is 3. The van der Waals surface area contributed by atoms with Gasteiger partial charge in [0.2, 0.25) is 0 Å². The molecule has 2 aromatic rings. The van der Waals surface area contributed by atoms with Crippen LogP contribution in [0.3, 0.4) is 0 Å². The molecular weight excluding hydrogens is 304 g/mol. The van der Waals surface area contributed by atoms with Gasteiger partial charge < -0.3 is 20.1 Å². The Labute approximate surface area is 134 Å². The monoisotopic (exact) mass is 320 g/mol. The molecule has 0 unspecified atom stereocenters. The highest BCUT2D eigenvalue weighted by molar-refractivity contribution is 6.33. The van der Waals surface area contributed by atoms with Crippen molar-refractivity contribution in [3.63, 3.8) is 0 Å². The molecule has 0 fully saturated rings. The summed E-state index contributed by atoms with van der Waals surface area (Å²) in [5.41, 5.74) is 0.567. The predicted molar refractivity (Wildman–Crippen MR) is 87.0 cm³/mol. The van der Waals surface area contributed by atoms with Crippen molar-refractivity contribution in [2.24, 2.45) is 0 Å². The molecule has 0 bridgehead atoms. The van der Waals surface area contributed by atoms with E-state index in [1.54, 1.807) is 31.4 Å². The molecule has 2 amide bonds. The molecule has 0 heterocycles. The molecule has 2 aromatic carbocycles. The maximum Gasteiger partial charge on any atom is 0.319 e. The van der Waals surface area contributed by atoms with Gasteiger partial charge in [0.05, 0.1) is 24.4 Å². The van der Waals surface area contributed by atoms with Crippen LogP contribution in [-0.4, -0.2) is 26.3 Å². The van der Waals surface area contributed by atoms with Crippen LogP contribution >= 0.6 is 11.6 Å². The van der Waals surface area contributed by atoms with Gasteiger partial charge in [-0.05, 0) is 36.4 Å². The van der Waals surface area contributed by atoms with E-state index in [9.17, 15) is 4.79 Å². The molecule has 0 aliphatic carbocycles. The van der Waals surface area contributed by atoms with Crippen LogP contribution in [0, 0.1) is 0 Å². The Hall–Kier alpha value is -2.40. The molecule has 0 atom stereocenters. The van der Waals surface area contributed by atoms with Gasteiger partial charge in [0, 0.05) is 0 Å². The zero-order valence-electron chi connectivity index (χ0n) is 12.1. The first-order valence-electron chi connectivity index (χ1n) is 6.75. The average Bonchev–Trinajstić information content (AvgIpc) is 2.54. The summed E-state index contributed by atoms with van der Waals surface area (Å²) >= 11 is 5.96. The van der Waals surface area contributed by atoms with Crippen LogP contribution in [-0.2, 0) is 0 Å². The minimum absolute atomic E-state index is 0.327. The number of benzene rings is 2. The van der Waals surface area contributed by atoms with Crippen molar-refractivity contribution in [3.05, 3.63) is 53.6 Å². The van der Waals surface area contributed by atoms with E-state index in [0.29, 0.717) is 29.6 Å². The summed E-state index contributed by atoms with van der Waals surface area (Å²) in [4.78, 5) is 11.7. The fraction of sp³-hybridized carbons (Fsp3) is 0.188. The second kappa shape index (κ2) is 8.14. The zero-order valence-corrected chi connectivity index (χ0v) is 12.9. The molecule has 0 aromatic heterocycles. The molecular formula is C16H17ClN2O3. The van der Waals surface area contributed by atoms with Gasteiger partial charge in [0.25, 0.3) is 0 Å². The lowest BCUT2D eigenvalue weighted by molar-refractivity contribution is 0.247. The number of nitrogens with one attached hydrogen (secondary N) is 2. The maximum absolute atomic E-state index is 11.7. The molecule has 22 heavy (non-hydrogen) atoms. The van der Waals surface area contributed by atoms with Gasteiger partial charge in [-0.15, -0.1) is 0 Å². The molecule has 2 rings (SSSR count). The van der Waals surface area contributed by atoms with Crippen LogP contribution in [0.25, 0.3) is 0 Å². The largest absolute Gasteiger partial charge is 0.497 e. The van der Waals surface area contributed by atoms with Gasteiger partial charge in [0.1, 0.15) is 18.1 Å². The first kappa shape index (κ1) is 16.0. The zero-order chi connectivity index (χ0) is 15.8. The number of halogens is 1. The summed E-state index contributed by atoms with van der Waals surface area (Å²) in [6, 6.07) is 14.0. The molecule has 116 valence electrons. The number of rotatable bonds is 6. The second-order valence-corrected chi connectivity index (χ2v) is 4.79. The summed E-state index contributed by atoms with van der Waals surface area (Å²) in [6.45, 7) is 0.741. The van der Waals surface area contributed by atoms with Gasteiger partial charge in [-0.25, -0.2) is 4.79 Å². The molecule has 6 heteroatoms. The number of ether oxygens (including phenoxy) is 2. The quantitative estimate of drug-likeness (QED) is 0.800. The standard InChI is InChI=1S/C16H17ClN2O3/c1-21-12-6-8-13(9-7-12)22-11-10-18-16(20)19-15-5-3-2-4-14(15)17/h2-9H,10-11H2,1H3,(H2,18,19,20). The highest BCUT2D eigenvalue weighted by Crippen LogP contribution is 2.20. The molecule has 0 radical (unpaired) electrons. The third-order valence-corrected chi connectivity index (χ3v) is 3.17. The molecule has 0 saturated heterocycles. The van der Waals surface area contributed by atoms with E-state index in [2.05, 4.69) is 10.6 Å². The van der Waals surface area contributed by atoms with Gasteiger partial charge >= 0.3 is 6.03 Å². The van der Waals surface area contributed by atoms with Crippen molar-refractivity contribution in [1.82, 2.24) is 5.32 Å². The number of carbonyl (C=O) groups excluding carboxylic acids is 1. The SMILES string of the molecule is COc1ccc(OCCNC(=O)Nc2ccccc2Cl)cc1. The number of hydrogen-bond donors (Lipinski definition) is 2. The van der Waals surface area contributed by atoms with Gasteiger partial charge in [0.15, 0.2) is 0 Å². The van der Waals surface area contributed by atoms with Crippen LogP contribution in [0.15, 0.2) is 48.5 Å². The lowest BCUT2D eigenvalue weighted by Crippen LogP contribution is -2.32. The van der Waals surface area contributed by atoms with Gasteiger partial charge in [-0.1, -0.05) is 23.7 Å². The Morgan fingerprint density at radius 2 is 1.77 bits per heavy atom. The number of urea groups is 1. The summed E-state index contributed by atoms with van der Waals surface area (Å²) in [6.07, 6.45) is 0. The van der Waals surface area contributed by atoms with Gasteiger partial charge in [-0.2, -0.15) is 0 Å². The van der Waals surface area contributed by atoms with E-state index < -0.39 is 0 Å². The Kier molecular flexibility index (Phi) is 5.91. The van der Waals surface area contributed by atoms with Crippen LogP contribution in [0.2, 0.25) is 5.02 Å². The highest BCUT2D eigenvalue weighted by Gasteiger charge is 2.04. The van der Waals surface area contributed by atoms with Crippen molar-refractivity contribution >= 4 is 23.3 Å². The molecule has 0 aliphatic heterocycles. The van der Waals surface area contributed by atoms with E-state index in [1.165, 1.54) is 0 Å². The fourth-order valence-electron chi connectivity index (χ4n) is 1.73. The smallest absolute Gasteiger partial charge is 0.319 e. The third-order valence-electron chi connectivity index (χ3n) is 2.84. The summed E-state index contributed by atoms with van der Waals surface area (Å²) in [5.74, 6) is 1.48. The molecule has 0 spiro atoms. The van der Waals surface area contributed by atoms with E-state index in [-0.39, 0.29) is 6.03 Å². The van der Waals surface area contributed by atoms with Crippen molar-refractivity contribution in [2.45, 2.75) is 0 Å². The van der Waals surface area contributed by atoms with E-state index >= 15 is 0 Å². The molecule has 5 nitrogen and oxygen atoms in total. The number of carbonyl (C=O) groups is 1. The van der Waals surface area contributed by atoms with E-state index in [0.717, 1.165) is 5.75 Å². The fourth-order valence-corrected chi connectivity index (χ4v) is 1.92.